The van der Waals surface area contributed by atoms with Crippen molar-refractivity contribution in [3.05, 3.63) is 11.3 Å². The van der Waals surface area contributed by atoms with Crippen molar-refractivity contribution in [2.24, 2.45) is 11.3 Å². The summed E-state index contributed by atoms with van der Waals surface area (Å²) in [6.45, 7) is 9.29. The first-order valence-corrected chi connectivity index (χ1v) is 4.83. The summed E-state index contributed by atoms with van der Waals surface area (Å²) < 4.78 is 0. The fourth-order valence-corrected chi connectivity index (χ4v) is 2.70. The lowest BCUT2D eigenvalue weighted by Gasteiger charge is -2.36. The smallest absolute Gasteiger partial charge is 0.0122 e. The van der Waals surface area contributed by atoms with Gasteiger partial charge in [-0.2, -0.15) is 0 Å². The van der Waals surface area contributed by atoms with Crippen LogP contribution in [0.4, 0.5) is 0 Å². The molecule has 0 aromatic carbocycles. The zero-order valence-corrected chi connectivity index (χ0v) is 8.99. The van der Waals surface area contributed by atoms with Gasteiger partial charge < -0.3 is 5.32 Å². The number of nitrogens with one attached hydrogen (secondary N) is 1. The van der Waals surface area contributed by atoms with Crippen LogP contribution in [-0.2, 0) is 0 Å². The van der Waals surface area contributed by atoms with Gasteiger partial charge in [-0.05, 0) is 31.1 Å². The fraction of sp³-hybridized carbons (Fsp3) is 0.818. The molecule has 0 radical (unpaired) electrons. The maximum atomic E-state index is 3.32. The monoisotopic (exact) mass is 167 g/mol. The SMILES string of the molecule is CNC1=C(C)CC(C)(C)CC1C. The van der Waals surface area contributed by atoms with Crippen molar-refractivity contribution >= 4 is 0 Å². The Morgan fingerprint density at radius 3 is 2.42 bits per heavy atom. The second kappa shape index (κ2) is 3.12. The zero-order valence-electron chi connectivity index (χ0n) is 8.99. The van der Waals surface area contributed by atoms with Crippen LogP contribution in [0.25, 0.3) is 0 Å². The Morgan fingerprint density at radius 2 is 2.00 bits per heavy atom. The van der Waals surface area contributed by atoms with Crippen LogP contribution in [0, 0.1) is 11.3 Å². The summed E-state index contributed by atoms with van der Waals surface area (Å²) in [6.07, 6.45) is 2.55. The maximum absolute atomic E-state index is 3.32. The number of hydrogen-bond donors (Lipinski definition) is 1. The van der Waals surface area contributed by atoms with Gasteiger partial charge in [0.15, 0.2) is 0 Å². The largest absolute Gasteiger partial charge is 0.391 e. The first-order valence-electron chi connectivity index (χ1n) is 4.83. The predicted octanol–water partition coefficient (Wildman–Crippen LogP) is 2.94. The van der Waals surface area contributed by atoms with Gasteiger partial charge in [0.05, 0.1) is 0 Å². The highest BCUT2D eigenvalue weighted by Gasteiger charge is 2.29. The molecule has 0 aromatic rings. The van der Waals surface area contributed by atoms with E-state index < -0.39 is 0 Å². The first-order chi connectivity index (χ1) is 5.46. The highest BCUT2D eigenvalue weighted by Crippen LogP contribution is 2.40. The van der Waals surface area contributed by atoms with Gasteiger partial charge in [-0.15, -0.1) is 0 Å². The molecule has 0 fully saturated rings. The van der Waals surface area contributed by atoms with Crippen LogP contribution < -0.4 is 5.32 Å². The van der Waals surface area contributed by atoms with Gasteiger partial charge in [0.25, 0.3) is 0 Å². The lowest BCUT2D eigenvalue weighted by atomic mass is 9.72. The molecule has 12 heavy (non-hydrogen) atoms. The molecule has 0 amide bonds. The van der Waals surface area contributed by atoms with E-state index in [0.717, 1.165) is 0 Å². The molecule has 0 bridgehead atoms. The third-order valence-corrected chi connectivity index (χ3v) is 2.82. The molecule has 1 heteroatoms. The molecule has 1 unspecified atom stereocenters. The van der Waals surface area contributed by atoms with E-state index in [9.17, 15) is 0 Å². The van der Waals surface area contributed by atoms with E-state index >= 15 is 0 Å². The molecule has 0 saturated carbocycles. The Hall–Kier alpha value is -0.460. The van der Waals surface area contributed by atoms with Gasteiger partial charge >= 0.3 is 0 Å². The maximum Gasteiger partial charge on any atom is 0.0122 e. The summed E-state index contributed by atoms with van der Waals surface area (Å²) in [5.74, 6) is 0.707. The average Bonchev–Trinajstić information content (AvgIpc) is 1.82. The van der Waals surface area contributed by atoms with E-state index in [-0.39, 0.29) is 0 Å². The quantitative estimate of drug-likeness (QED) is 0.633. The van der Waals surface area contributed by atoms with Crippen molar-refractivity contribution in [1.82, 2.24) is 5.32 Å². The van der Waals surface area contributed by atoms with E-state index in [1.807, 2.05) is 7.05 Å². The molecule has 1 N–H and O–H groups in total. The molecule has 1 aliphatic rings. The standard InChI is InChI=1S/C11H21N/c1-8-6-11(3,4)7-9(2)10(8)12-5/h8,12H,6-7H2,1-5H3. The summed E-state index contributed by atoms with van der Waals surface area (Å²) in [4.78, 5) is 0. The molecule has 1 atom stereocenters. The molecule has 1 rings (SSSR count). The molecule has 1 nitrogen and oxygen atoms in total. The van der Waals surface area contributed by atoms with Crippen LogP contribution in [0.2, 0.25) is 0 Å². The zero-order chi connectivity index (χ0) is 9.35. The van der Waals surface area contributed by atoms with Crippen LogP contribution in [-0.4, -0.2) is 7.05 Å². The Labute approximate surface area is 76.2 Å². The third-order valence-electron chi connectivity index (χ3n) is 2.82. The highest BCUT2D eigenvalue weighted by atomic mass is 14.8. The molecular formula is C11H21N. The van der Waals surface area contributed by atoms with Crippen molar-refractivity contribution in [1.29, 1.82) is 0 Å². The summed E-state index contributed by atoms with van der Waals surface area (Å²) >= 11 is 0. The van der Waals surface area contributed by atoms with Crippen LogP contribution >= 0.6 is 0 Å². The van der Waals surface area contributed by atoms with Gasteiger partial charge in [-0.25, -0.2) is 0 Å². The number of rotatable bonds is 1. The second-order valence-electron chi connectivity index (χ2n) is 4.89. The summed E-state index contributed by atoms with van der Waals surface area (Å²) in [5.41, 5.74) is 3.51. The topological polar surface area (TPSA) is 12.0 Å². The normalized spacial score (nSPS) is 28.9. The van der Waals surface area contributed by atoms with Crippen LogP contribution in [0.1, 0.15) is 40.5 Å². The Balaban J connectivity index is 2.87. The lowest BCUT2D eigenvalue weighted by molar-refractivity contribution is 0.263. The van der Waals surface area contributed by atoms with Crippen molar-refractivity contribution in [3.63, 3.8) is 0 Å². The van der Waals surface area contributed by atoms with E-state index in [2.05, 4.69) is 33.0 Å². The van der Waals surface area contributed by atoms with E-state index in [1.54, 1.807) is 5.57 Å². The van der Waals surface area contributed by atoms with Crippen LogP contribution in [0.15, 0.2) is 11.3 Å². The second-order valence-corrected chi connectivity index (χ2v) is 4.89. The average molecular weight is 167 g/mol. The Bertz CT molecular complexity index is 201. The minimum absolute atomic E-state index is 0.504. The van der Waals surface area contributed by atoms with Crippen molar-refractivity contribution in [2.45, 2.75) is 40.5 Å². The molecule has 1 aliphatic carbocycles. The molecule has 0 heterocycles. The van der Waals surface area contributed by atoms with E-state index in [1.165, 1.54) is 18.5 Å². The third kappa shape index (κ3) is 1.82. The van der Waals surface area contributed by atoms with Crippen LogP contribution in [0.3, 0.4) is 0 Å². The summed E-state index contributed by atoms with van der Waals surface area (Å²) in [5, 5.41) is 3.32. The molecule has 0 aromatic heterocycles. The molecular weight excluding hydrogens is 146 g/mol. The van der Waals surface area contributed by atoms with E-state index in [4.69, 9.17) is 0 Å². The predicted molar refractivity (Wildman–Crippen MR) is 53.9 cm³/mol. The molecule has 70 valence electrons. The lowest BCUT2D eigenvalue weighted by Crippen LogP contribution is -2.28. The van der Waals surface area contributed by atoms with Crippen molar-refractivity contribution < 1.29 is 0 Å². The highest BCUT2D eigenvalue weighted by molar-refractivity contribution is 5.18. The molecule has 0 saturated heterocycles. The number of allylic oxidation sites excluding steroid dienone is 2. The minimum atomic E-state index is 0.504. The van der Waals surface area contributed by atoms with Gasteiger partial charge in [-0.1, -0.05) is 26.3 Å². The minimum Gasteiger partial charge on any atom is -0.391 e. The fourth-order valence-electron chi connectivity index (χ4n) is 2.70. The Morgan fingerprint density at radius 1 is 1.42 bits per heavy atom. The van der Waals surface area contributed by atoms with Gasteiger partial charge in [-0.3, -0.25) is 0 Å². The summed E-state index contributed by atoms with van der Waals surface area (Å²) in [7, 11) is 2.04. The molecule has 0 spiro atoms. The Kier molecular flexibility index (Phi) is 2.50. The van der Waals surface area contributed by atoms with Crippen molar-refractivity contribution in [2.75, 3.05) is 7.05 Å². The van der Waals surface area contributed by atoms with E-state index in [0.29, 0.717) is 11.3 Å². The van der Waals surface area contributed by atoms with Gasteiger partial charge in [0.2, 0.25) is 0 Å². The number of hydrogen-bond acceptors (Lipinski definition) is 1. The van der Waals surface area contributed by atoms with Crippen LogP contribution in [0.5, 0.6) is 0 Å². The first kappa shape index (κ1) is 9.63. The summed E-state index contributed by atoms with van der Waals surface area (Å²) in [6, 6.07) is 0. The molecule has 0 aliphatic heterocycles. The van der Waals surface area contributed by atoms with Crippen molar-refractivity contribution in [3.8, 4) is 0 Å². The van der Waals surface area contributed by atoms with Gasteiger partial charge in [0, 0.05) is 12.7 Å². The van der Waals surface area contributed by atoms with Gasteiger partial charge in [0.1, 0.15) is 0 Å².